The van der Waals surface area contributed by atoms with Crippen LogP contribution in [0.5, 0.6) is 0 Å². The van der Waals surface area contributed by atoms with Crippen molar-refractivity contribution in [3.8, 4) is 0 Å². The first-order valence-electron chi connectivity index (χ1n) is 10.1. The number of aliphatic carboxylic acids is 3. The van der Waals surface area contributed by atoms with Gasteiger partial charge in [0.15, 0.2) is 0 Å². The molecule has 0 aliphatic heterocycles. The van der Waals surface area contributed by atoms with Crippen molar-refractivity contribution in [2.45, 2.75) is 63.7 Å². The van der Waals surface area contributed by atoms with Crippen molar-refractivity contribution < 1.29 is 44.1 Å². The molecule has 188 valence electrons. The number of carbonyl (C=O) groups excluding carboxylic acids is 3. The van der Waals surface area contributed by atoms with E-state index in [2.05, 4.69) is 10.6 Å². The number of hydrogen-bond donors (Lipinski definition) is 7. The minimum absolute atomic E-state index is 0.168. The Morgan fingerprint density at radius 1 is 0.788 bits per heavy atom. The largest absolute Gasteiger partial charge is 0.481 e. The molecule has 0 aliphatic rings. The SMILES string of the molecule is CSCCC(NC(=O)C(N)C(C)C)C(=O)NC(CC(=O)O)C(=O)NC(CCC(=O)O)C(=O)O. The normalized spacial score (nSPS) is 14.5. The van der Waals surface area contributed by atoms with Gasteiger partial charge in [-0.2, -0.15) is 11.8 Å². The molecule has 0 radical (unpaired) electrons. The lowest BCUT2D eigenvalue weighted by Gasteiger charge is -2.25. The fourth-order valence-corrected chi connectivity index (χ4v) is 3.00. The molecule has 33 heavy (non-hydrogen) atoms. The van der Waals surface area contributed by atoms with Crippen LogP contribution < -0.4 is 21.7 Å². The quantitative estimate of drug-likeness (QED) is 0.133. The van der Waals surface area contributed by atoms with Gasteiger partial charge in [0.2, 0.25) is 17.7 Å². The van der Waals surface area contributed by atoms with Crippen LogP contribution in [0.4, 0.5) is 0 Å². The first-order valence-corrected chi connectivity index (χ1v) is 11.5. The monoisotopic (exact) mass is 492 g/mol. The molecule has 13 nitrogen and oxygen atoms in total. The van der Waals surface area contributed by atoms with Gasteiger partial charge in [-0.1, -0.05) is 13.8 Å². The Morgan fingerprint density at radius 2 is 1.30 bits per heavy atom. The number of carboxylic acids is 3. The maximum atomic E-state index is 12.8. The van der Waals surface area contributed by atoms with Crippen LogP contribution in [-0.2, 0) is 28.8 Å². The molecular formula is C19H32N4O9S. The van der Waals surface area contributed by atoms with E-state index in [-0.39, 0.29) is 12.3 Å². The fraction of sp³-hybridized carbons (Fsp3) is 0.684. The average Bonchev–Trinajstić information content (AvgIpc) is 2.71. The number of nitrogens with one attached hydrogen (secondary N) is 3. The van der Waals surface area contributed by atoms with Crippen LogP contribution in [0.1, 0.15) is 39.5 Å². The predicted octanol–water partition coefficient (Wildman–Crippen LogP) is -1.40. The molecule has 4 unspecified atom stereocenters. The summed E-state index contributed by atoms with van der Waals surface area (Å²) < 4.78 is 0. The smallest absolute Gasteiger partial charge is 0.326 e. The molecule has 0 bridgehead atoms. The van der Waals surface area contributed by atoms with E-state index >= 15 is 0 Å². The zero-order chi connectivity index (χ0) is 25.7. The number of thioether (sulfide) groups is 1. The van der Waals surface area contributed by atoms with Gasteiger partial charge in [-0.3, -0.25) is 24.0 Å². The van der Waals surface area contributed by atoms with E-state index in [0.717, 1.165) is 0 Å². The molecule has 0 aliphatic carbocycles. The predicted molar refractivity (Wildman–Crippen MR) is 118 cm³/mol. The molecule has 14 heteroatoms. The molecule has 0 aromatic rings. The Hall–Kier alpha value is -2.87. The van der Waals surface area contributed by atoms with Gasteiger partial charge in [-0.25, -0.2) is 4.79 Å². The van der Waals surface area contributed by atoms with Crippen LogP contribution in [0, 0.1) is 5.92 Å². The summed E-state index contributed by atoms with van der Waals surface area (Å²) in [5.74, 6) is -6.54. The fourth-order valence-electron chi connectivity index (χ4n) is 2.53. The molecule has 3 amide bonds. The van der Waals surface area contributed by atoms with E-state index in [1.165, 1.54) is 11.8 Å². The Kier molecular flexibility index (Phi) is 13.7. The first kappa shape index (κ1) is 30.1. The van der Waals surface area contributed by atoms with Crippen molar-refractivity contribution in [2.75, 3.05) is 12.0 Å². The van der Waals surface area contributed by atoms with E-state index in [4.69, 9.17) is 15.9 Å². The zero-order valence-corrected chi connectivity index (χ0v) is 19.5. The van der Waals surface area contributed by atoms with Crippen LogP contribution in [-0.4, -0.2) is 87.1 Å². The van der Waals surface area contributed by atoms with Crippen molar-refractivity contribution in [1.29, 1.82) is 0 Å². The molecule has 0 aromatic heterocycles. The summed E-state index contributed by atoms with van der Waals surface area (Å²) in [6.45, 7) is 3.44. The van der Waals surface area contributed by atoms with Gasteiger partial charge >= 0.3 is 17.9 Å². The highest BCUT2D eigenvalue weighted by Crippen LogP contribution is 2.06. The topological polar surface area (TPSA) is 225 Å². The van der Waals surface area contributed by atoms with Crippen LogP contribution >= 0.6 is 11.8 Å². The van der Waals surface area contributed by atoms with Gasteiger partial charge in [-0.15, -0.1) is 0 Å². The summed E-state index contributed by atoms with van der Waals surface area (Å²) in [7, 11) is 0. The second-order valence-electron chi connectivity index (χ2n) is 7.60. The van der Waals surface area contributed by atoms with Gasteiger partial charge < -0.3 is 37.0 Å². The second kappa shape index (κ2) is 15.1. The van der Waals surface area contributed by atoms with Gasteiger partial charge in [0, 0.05) is 6.42 Å². The molecule has 0 aromatic carbocycles. The molecule has 0 saturated heterocycles. The number of nitrogens with two attached hydrogens (primary N) is 1. The Balaban J connectivity index is 5.49. The van der Waals surface area contributed by atoms with Crippen LogP contribution in [0.2, 0.25) is 0 Å². The molecule has 0 rings (SSSR count). The van der Waals surface area contributed by atoms with Crippen molar-refractivity contribution >= 4 is 47.4 Å². The van der Waals surface area contributed by atoms with Gasteiger partial charge in [0.1, 0.15) is 18.1 Å². The number of carbonyl (C=O) groups is 6. The van der Waals surface area contributed by atoms with Gasteiger partial charge in [0.05, 0.1) is 12.5 Å². The summed E-state index contributed by atoms with van der Waals surface area (Å²) in [6, 6.07) is -5.26. The average molecular weight is 493 g/mol. The number of hydrogen-bond acceptors (Lipinski definition) is 8. The molecular weight excluding hydrogens is 460 g/mol. The maximum Gasteiger partial charge on any atom is 0.326 e. The van der Waals surface area contributed by atoms with Crippen molar-refractivity contribution in [3.05, 3.63) is 0 Å². The Bertz CT molecular complexity index is 732. The van der Waals surface area contributed by atoms with E-state index < -0.39 is 79.1 Å². The maximum absolute atomic E-state index is 12.8. The summed E-state index contributed by atoms with van der Waals surface area (Å²) in [5, 5.41) is 33.8. The summed E-state index contributed by atoms with van der Waals surface area (Å²) in [5.41, 5.74) is 5.80. The minimum Gasteiger partial charge on any atom is -0.481 e. The summed E-state index contributed by atoms with van der Waals surface area (Å²) in [6.07, 6.45) is 0.0924. The highest BCUT2D eigenvalue weighted by Gasteiger charge is 2.32. The molecule has 0 heterocycles. The molecule has 0 saturated carbocycles. The van der Waals surface area contributed by atoms with E-state index in [9.17, 15) is 33.9 Å². The summed E-state index contributed by atoms with van der Waals surface area (Å²) in [4.78, 5) is 70.8. The third-order valence-electron chi connectivity index (χ3n) is 4.54. The van der Waals surface area contributed by atoms with Crippen LogP contribution in [0.25, 0.3) is 0 Å². The number of rotatable bonds is 16. The highest BCUT2D eigenvalue weighted by atomic mass is 32.2. The second-order valence-corrected chi connectivity index (χ2v) is 8.59. The standard InChI is InChI=1S/C19H32N4O9S/c1-9(2)15(20)18(30)21-10(6-7-33-3)16(28)23-12(8-14(26)27)17(29)22-11(19(31)32)4-5-13(24)25/h9-12,15H,4-8,20H2,1-3H3,(H,21,30)(H,22,29)(H,23,28)(H,24,25)(H,26,27)(H,31,32). The molecule has 8 N–H and O–H groups in total. The van der Waals surface area contributed by atoms with Crippen molar-refractivity contribution in [1.82, 2.24) is 16.0 Å². The molecule has 0 fully saturated rings. The lowest BCUT2D eigenvalue weighted by molar-refractivity contribution is -0.144. The van der Waals surface area contributed by atoms with Crippen LogP contribution in [0.3, 0.4) is 0 Å². The Morgan fingerprint density at radius 3 is 1.76 bits per heavy atom. The third kappa shape index (κ3) is 12.1. The zero-order valence-electron chi connectivity index (χ0n) is 18.7. The van der Waals surface area contributed by atoms with Crippen LogP contribution in [0.15, 0.2) is 0 Å². The molecule has 0 spiro atoms. The minimum atomic E-state index is -1.66. The highest BCUT2D eigenvalue weighted by molar-refractivity contribution is 7.98. The van der Waals surface area contributed by atoms with Gasteiger partial charge in [-0.05, 0) is 30.8 Å². The molecule has 4 atom stereocenters. The number of carboxylic acid groups (broad SMARTS) is 3. The first-order chi connectivity index (χ1) is 15.3. The van der Waals surface area contributed by atoms with E-state index in [1.807, 2.05) is 5.32 Å². The third-order valence-corrected chi connectivity index (χ3v) is 5.18. The van der Waals surface area contributed by atoms with E-state index in [0.29, 0.717) is 5.75 Å². The van der Waals surface area contributed by atoms with E-state index in [1.54, 1.807) is 20.1 Å². The lowest BCUT2D eigenvalue weighted by atomic mass is 10.0. The van der Waals surface area contributed by atoms with Crippen molar-refractivity contribution in [2.24, 2.45) is 11.7 Å². The van der Waals surface area contributed by atoms with Crippen molar-refractivity contribution in [3.63, 3.8) is 0 Å². The lowest BCUT2D eigenvalue weighted by Crippen LogP contribution is -2.58. The summed E-state index contributed by atoms with van der Waals surface area (Å²) >= 11 is 1.40. The van der Waals surface area contributed by atoms with Gasteiger partial charge in [0.25, 0.3) is 0 Å². The Labute approximate surface area is 195 Å². The number of amides is 3.